The molecule has 1 spiro atoms. The number of amides is 1. The highest BCUT2D eigenvalue weighted by Crippen LogP contribution is 2.49. The highest BCUT2D eigenvalue weighted by atomic mass is 16.5. The van der Waals surface area contributed by atoms with E-state index >= 15 is 0 Å². The molecule has 1 atom stereocenters. The molecule has 2 aromatic rings. The minimum atomic E-state index is -0.0523. The van der Waals surface area contributed by atoms with Gasteiger partial charge in [0.1, 0.15) is 5.75 Å². The topological polar surface area (TPSA) is 57.9 Å². The third kappa shape index (κ3) is 2.31. The Morgan fingerprint density at radius 2 is 2.00 bits per heavy atom. The van der Waals surface area contributed by atoms with Crippen LogP contribution in [0.15, 0.2) is 18.2 Å². The van der Waals surface area contributed by atoms with Crippen LogP contribution in [-0.4, -0.2) is 65.8 Å². The van der Waals surface area contributed by atoms with Crippen LogP contribution in [0.3, 0.4) is 0 Å². The maximum atomic E-state index is 12.8. The summed E-state index contributed by atoms with van der Waals surface area (Å²) in [6, 6.07) is 6.20. The van der Waals surface area contributed by atoms with Gasteiger partial charge in [0.05, 0.1) is 25.3 Å². The van der Waals surface area contributed by atoms with E-state index in [1.807, 2.05) is 6.07 Å². The number of aryl methyl sites for hydroxylation is 1. The molecule has 0 unspecified atom stereocenters. The summed E-state index contributed by atoms with van der Waals surface area (Å²) in [7, 11) is 5.85. The number of ether oxygens (including phenoxy) is 1. The summed E-state index contributed by atoms with van der Waals surface area (Å²) in [5, 5.41) is 11.4. The van der Waals surface area contributed by atoms with E-state index in [1.54, 1.807) is 7.11 Å². The Hall–Kier alpha value is -2.05. The van der Waals surface area contributed by atoms with Crippen molar-refractivity contribution in [1.29, 1.82) is 0 Å². The molecule has 1 aliphatic carbocycles. The molecule has 1 aromatic carbocycles. The molecule has 1 N–H and O–H groups in total. The van der Waals surface area contributed by atoms with Crippen molar-refractivity contribution >= 4 is 16.8 Å². The van der Waals surface area contributed by atoms with Crippen LogP contribution in [0.2, 0.25) is 0 Å². The van der Waals surface area contributed by atoms with Gasteiger partial charge in [-0.1, -0.05) is 6.42 Å². The van der Waals surface area contributed by atoms with Gasteiger partial charge in [0.25, 0.3) is 0 Å². The molecule has 3 aliphatic rings. The summed E-state index contributed by atoms with van der Waals surface area (Å²) in [4.78, 5) is 17.1. The smallest absolute Gasteiger partial charge is 0.225 e. The van der Waals surface area contributed by atoms with Gasteiger partial charge in [-0.3, -0.25) is 9.69 Å². The molecule has 2 aliphatic heterocycles. The maximum absolute atomic E-state index is 12.8. The number of methoxy groups -OCH3 is 1. The molecule has 0 bridgehead atoms. The summed E-state index contributed by atoms with van der Waals surface area (Å²) in [6.45, 7) is 2.52. The van der Waals surface area contributed by atoms with E-state index in [9.17, 15) is 9.90 Å². The van der Waals surface area contributed by atoms with Crippen LogP contribution in [0.5, 0.6) is 5.75 Å². The van der Waals surface area contributed by atoms with Crippen LogP contribution < -0.4 is 4.74 Å². The Kier molecular flexibility index (Phi) is 4.00. The van der Waals surface area contributed by atoms with Crippen molar-refractivity contribution in [2.45, 2.75) is 30.7 Å². The lowest BCUT2D eigenvalue weighted by Gasteiger charge is -2.56. The minimum Gasteiger partial charge on any atom is -0.497 e. The second kappa shape index (κ2) is 6.22. The van der Waals surface area contributed by atoms with Crippen LogP contribution in [-0.2, 0) is 17.3 Å². The van der Waals surface area contributed by atoms with Crippen molar-refractivity contribution in [3.8, 4) is 5.75 Å². The number of aliphatic hydroxyl groups is 1. The van der Waals surface area contributed by atoms with E-state index in [-0.39, 0.29) is 24.0 Å². The van der Waals surface area contributed by atoms with Gasteiger partial charge in [-0.25, -0.2) is 0 Å². The first-order valence-corrected chi connectivity index (χ1v) is 10.3. The molecule has 28 heavy (non-hydrogen) atoms. The first-order valence-electron chi connectivity index (χ1n) is 10.3. The fraction of sp³-hybridized carbons (Fsp3) is 0.591. The van der Waals surface area contributed by atoms with E-state index in [0.717, 1.165) is 43.7 Å². The van der Waals surface area contributed by atoms with Gasteiger partial charge in [-0.05, 0) is 37.6 Å². The number of nitrogens with zero attached hydrogens (tertiary/aromatic N) is 3. The number of hydrogen-bond donors (Lipinski definition) is 1. The Bertz CT molecular complexity index is 940. The molecular weight excluding hydrogens is 354 g/mol. The zero-order chi connectivity index (χ0) is 19.6. The highest BCUT2D eigenvalue weighted by Gasteiger charge is 2.54. The number of carbonyl (C=O) groups excluding carboxylic acids is 1. The third-order valence-corrected chi connectivity index (χ3v) is 7.31. The number of aliphatic hydroxyl groups excluding tert-OH is 1. The van der Waals surface area contributed by atoms with Crippen molar-refractivity contribution in [1.82, 2.24) is 14.4 Å². The van der Waals surface area contributed by atoms with Gasteiger partial charge in [0, 0.05) is 55.2 Å². The second-order valence-corrected chi connectivity index (χ2v) is 8.92. The van der Waals surface area contributed by atoms with E-state index in [2.05, 4.69) is 40.6 Å². The summed E-state index contributed by atoms with van der Waals surface area (Å²) < 4.78 is 7.65. The average molecular weight is 383 g/mol. The van der Waals surface area contributed by atoms with Crippen LogP contribution >= 0.6 is 0 Å². The van der Waals surface area contributed by atoms with Gasteiger partial charge in [0.15, 0.2) is 0 Å². The zero-order valence-electron chi connectivity index (χ0n) is 16.9. The predicted molar refractivity (Wildman–Crippen MR) is 108 cm³/mol. The second-order valence-electron chi connectivity index (χ2n) is 8.92. The zero-order valence-corrected chi connectivity index (χ0v) is 16.9. The fourth-order valence-corrected chi connectivity index (χ4v) is 5.62. The standard InChI is InChI=1S/C22H29N3O3/c1-23-11-22(12-25(13-22)21(27)14-5-4-6-14)19-16-8-7-15(28-3)9-17(16)24(2)20(19)18(23)10-26/h7-9,14,18,26H,4-6,10-13H2,1-3H3/t18-/m1/s1. The number of aromatic nitrogens is 1. The van der Waals surface area contributed by atoms with Crippen LogP contribution in [0, 0.1) is 5.92 Å². The fourth-order valence-electron chi connectivity index (χ4n) is 5.62. The van der Waals surface area contributed by atoms with E-state index in [4.69, 9.17) is 4.74 Å². The Morgan fingerprint density at radius 3 is 2.61 bits per heavy atom. The molecule has 0 radical (unpaired) electrons. The lowest BCUT2D eigenvalue weighted by Crippen LogP contribution is -2.68. The number of likely N-dealkylation sites (tertiary alicyclic amines) is 1. The van der Waals surface area contributed by atoms with E-state index < -0.39 is 0 Å². The third-order valence-electron chi connectivity index (χ3n) is 7.31. The molecule has 1 saturated carbocycles. The van der Waals surface area contributed by atoms with E-state index in [0.29, 0.717) is 5.91 Å². The first kappa shape index (κ1) is 18.0. The molecule has 150 valence electrons. The number of likely N-dealkylation sites (N-methyl/N-ethyl adjacent to an activating group) is 1. The lowest BCUT2D eigenvalue weighted by atomic mass is 9.68. The van der Waals surface area contributed by atoms with Crippen molar-refractivity contribution in [3.63, 3.8) is 0 Å². The van der Waals surface area contributed by atoms with Crippen molar-refractivity contribution < 1.29 is 14.6 Å². The van der Waals surface area contributed by atoms with Gasteiger partial charge in [-0.2, -0.15) is 0 Å². The quantitative estimate of drug-likeness (QED) is 0.881. The molecule has 1 aromatic heterocycles. The van der Waals surface area contributed by atoms with Crippen molar-refractivity contribution in [2.75, 3.05) is 40.4 Å². The molecule has 6 nitrogen and oxygen atoms in total. The highest BCUT2D eigenvalue weighted by molar-refractivity contribution is 5.90. The Morgan fingerprint density at radius 1 is 1.25 bits per heavy atom. The summed E-state index contributed by atoms with van der Waals surface area (Å²) in [5.74, 6) is 1.43. The molecule has 5 rings (SSSR count). The van der Waals surface area contributed by atoms with Crippen LogP contribution in [0.25, 0.3) is 10.9 Å². The number of benzene rings is 1. The van der Waals surface area contributed by atoms with Crippen LogP contribution in [0.1, 0.15) is 36.6 Å². The molecule has 6 heteroatoms. The maximum Gasteiger partial charge on any atom is 0.225 e. The van der Waals surface area contributed by atoms with Crippen molar-refractivity contribution in [2.24, 2.45) is 13.0 Å². The van der Waals surface area contributed by atoms with Gasteiger partial charge in [-0.15, -0.1) is 0 Å². The largest absolute Gasteiger partial charge is 0.497 e. The molecule has 3 heterocycles. The number of fused-ring (bicyclic) bond motifs is 4. The lowest BCUT2D eigenvalue weighted by molar-refractivity contribution is -0.147. The monoisotopic (exact) mass is 383 g/mol. The van der Waals surface area contributed by atoms with E-state index in [1.165, 1.54) is 23.1 Å². The first-order chi connectivity index (χ1) is 13.5. The Labute approximate surface area is 165 Å². The minimum absolute atomic E-state index is 0.0274. The van der Waals surface area contributed by atoms with Gasteiger partial charge < -0.3 is 19.3 Å². The normalized spacial score (nSPS) is 24.1. The number of carbonyl (C=O) groups is 1. The van der Waals surface area contributed by atoms with Crippen LogP contribution in [0.4, 0.5) is 0 Å². The summed E-state index contributed by atoms with van der Waals surface area (Å²) >= 11 is 0. The average Bonchev–Trinajstić information content (AvgIpc) is 2.90. The number of hydrogen-bond acceptors (Lipinski definition) is 4. The molecular formula is C22H29N3O3. The summed E-state index contributed by atoms with van der Waals surface area (Å²) in [6.07, 6.45) is 3.29. The summed E-state index contributed by atoms with van der Waals surface area (Å²) in [5.41, 5.74) is 3.57. The molecule has 1 amide bonds. The Balaban J connectivity index is 1.60. The predicted octanol–water partition coefficient (Wildman–Crippen LogP) is 2.05. The van der Waals surface area contributed by atoms with Gasteiger partial charge >= 0.3 is 0 Å². The van der Waals surface area contributed by atoms with Crippen molar-refractivity contribution in [3.05, 3.63) is 29.5 Å². The molecule has 1 saturated heterocycles. The number of rotatable bonds is 3. The van der Waals surface area contributed by atoms with Gasteiger partial charge in [0.2, 0.25) is 5.91 Å². The SMILES string of the molecule is COc1ccc2c3c(n(C)c2c1)[C@@H](CO)N(C)CC31CN(C(=O)C2CCC2)C1. The molecule has 2 fully saturated rings.